The second-order valence-electron chi connectivity index (χ2n) is 8.98. The van der Waals surface area contributed by atoms with Gasteiger partial charge in [-0.15, -0.1) is 23.2 Å². The highest BCUT2D eigenvalue weighted by Gasteiger charge is 2.36. The largest absolute Gasteiger partial charge is 0.492 e. The summed E-state index contributed by atoms with van der Waals surface area (Å²) in [5.74, 6) is 0.308. The Kier molecular flexibility index (Phi) is 12.2. The van der Waals surface area contributed by atoms with Crippen molar-refractivity contribution in [2.45, 2.75) is 50.7 Å². The van der Waals surface area contributed by atoms with E-state index in [2.05, 4.69) is 0 Å². The van der Waals surface area contributed by atoms with E-state index in [0.717, 1.165) is 0 Å². The van der Waals surface area contributed by atoms with Crippen LogP contribution < -0.4 is 0 Å². The van der Waals surface area contributed by atoms with Gasteiger partial charge in [-0.2, -0.15) is 0 Å². The summed E-state index contributed by atoms with van der Waals surface area (Å²) < 4.78 is 21.7. The Morgan fingerprint density at radius 2 is 1.08 bits per heavy atom. The number of carbonyl (C=O) groups is 2. The van der Waals surface area contributed by atoms with E-state index in [4.69, 9.17) is 65.4 Å². The monoisotopic (exact) mass is 606 g/mol. The normalized spacial score (nSPS) is 20.8. The molecule has 2 rings (SSSR count). The highest BCUT2D eigenvalue weighted by atomic mass is 35.5. The first kappa shape index (κ1) is 31.8. The molecule has 4 unspecified atom stereocenters. The minimum Gasteiger partial charge on any atom is -0.492 e. The van der Waals surface area contributed by atoms with Gasteiger partial charge in [0.25, 0.3) is 0 Å². The fourth-order valence-corrected chi connectivity index (χ4v) is 3.53. The van der Waals surface area contributed by atoms with Crippen molar-refractivity contribution in [2.75, 3.05) is 13.2 Å². The number of alkyl halides is 2. The van der Waals surface area contributed by atoms with Crippen LogP contribution >= 0.6 is 46.4 Å². The van der Waals surface area contributed by atoms with E-state index >= 15 is 0 Å². The third kappa shape index (κ3) is 8.81. The molecule has 206 valence electrons. The number of hydrogen-bond acceptors (Lipinski definition) is 8. The van der Waals surface area contributed by atoms with E-state index in [1.165, 1.54) is 24.3 Å². The minimum absolute atomic E-state index is 0.00591. The smallest absolute Gasteiger partial charge is 0.418 e. The van der Waals surface area contributed by atoms with Crippen LogP contribution in [-0.2, 0) is 38.1 Å². The van der Waals surface area contributed by atoms with Crippen LogP contribution in [0.3, 0.4) is 0 Å². The van der Waals surface area contributed by atoms with Gasteiger partial charge >= 0.3 is 11.9 Å². The molecule has 0 fully saturated rings. The summed E-state index contributed by atoms with van der Waals surface area (Å²) in [7, 11) is 0. The fourth-order valence-electron chi connectivity index (χ4n) is 2.95. The molecule has 4 atom stereocenters. The van der Waals surface area contributed by atoms with E-state index in [-0.39, 0.29) is 57.8 Å². The molecule has 2 aliphatic rings. The van der Waals surface area contributed by atoms with Crippen molar-refractivity contribution in [3.05, 3.63) is 57.0 Å². The number of esters is 2. The first-order chi connectivity index (χ1) is 17.9. The molecule has 38 heavy (non-hydrogen) atoms. The summed E-state index contributed by atoms with van der Waals surface area (Å²) in [6, 6.07) is 0. The Labute approximate surface area is 240 Å². The Morgan fingerprint density at radius 3 is 1.37 bits per heavy atom. The third-order valence-corrected chi connectivity index (χ3v) is 7.04. The van der Waals surface area contributed by atoms with Crippen molar-refractivity contribution in [3.63, 3.8) is 0 Å². The molecule has 0 saturated heterocycles. The summed E-state index contributed by atoms with van der Waals surface area (Å²) in [4.78, 5) is 48.5. The highest BCUT2D eigenvalue weighted by Crippen LogP contribution is 2.30. The summed E-state index contributed by atoms with van der Waals surface area (Å²) >= 11 is 24.5. The van der Waals surface area contributed by atoms with Gasteiger partial charge in [0, 0.05) is 10.1 Å². The second kappa shape index (κ2) is 14.6. The number of allylic oxidation sites excluding steroid dienone is 4. The minimum atomic E-state index is -1.49. The average molecular weight is 608 g/mol. The molecule has 0 bridgehead atoms. The summed E-state index contributed by atoms with van der Waals surface area (Å²) in [5.41, 5.74) is -0.396. The van der Waals surface area contributed by atoms with Crippen molar-refractivity contribution in [2.24, 2.45) is 11.8 Å². The maximum Gasteiger partial charge on any atom is 0.418 e. The second-order valence-corrected chi connectivity index (χ2v) is 11.0. The molecular formula is C26H26Cl4O8. The molecule has 0 saturated carbocycles. The maximum atomic E-state index is 12.7. The van der Waals surface area contributed by atoms with Crippen molar-refractivity contribution >= 4 is 70.2 Å². The van der Waals surface area contributed by atoms with Crippen LogP contribution in [0.1, 0.15) is 27.7 Å². The van der Waals surface area contributed by atoms with Gasteiger partial charge < -0.3 is 18.9 Å². The first-order valence-corrected chi connectivity index (χ1v) is 13.1. The molecule has 0 spiro atoms. The molecule has 12 heteroatoms. The predicted molar refractivity (Wildman–Crippen MR) is 143 cm³/mol. The number of carbonyl (C=O) groups excluding carboxylic acids is 4. The van der Waals surface area contributed by atoms with E-state index in [9.17, 15) is 19.2 Å². The predicted octanol–water partition coefficient (Wildman–Crippen LogP) is 4.93. The van der Waals surface area contributed by atoms with Gasteiger partial charge in [-0.1, -0.05) is 50.9 Å². The molecule has 0 radical (unpaired) electrons. The van der Waals surface area contributed by atoms with Gasteiger partial charge in [0.05, 0.1) is 21.9 Å². The van der Waals surface area contributed by atoms with Crippen molar-refractivity contribution in [1.82, 2.24) is 0 Å². The van der Waals surface area contributed by atoms with Gasteiger partial charge in [-0.05, 0) is 36.1 Å². The van der Waals surface area contributed by atoms with Crippen LogP contribution in [0.4, 0.5) is 0 Å². The maximum absolute atomic E-state index is 12.7. The van der Waals surface area contributed by atoms with Crippen molar-refractivity contribution < 1.29 is 38.1 Å². The average Bonchev–Trinajstić information content (AvgIpc) is 2.87. The molecule has 0 aliphatic heterocycles. The van der Waals surface area contributed by atoms with Gasteiger partial charge in [-0.25, -0.2) is 19.2 Å². The zero-order valence-corrected chi connectivity index (χ0v) is 24.0. The van der Waals surface area contributed by atoms with E-state index in [1.807, 2.05) is 27.7 Å². The van der Waals surface area contributed by atoms with E-state index in [0.29, 0.717) is 0 Å². The van der Waals surface area contributed by atoms with Crippen LogP contribution in [0.25, 0.3) is 0 Å². The standard InChI is InChI=1S/C26H26Cl4O8/c1-13(2)19(29)11-35-21-7-17(27)5-15(9-31)23(21)37-25(33)26(34)38-24-16(10-32)6-18(28)8-22(24)36-12-20(30)14(3)4/h5-8,13-14,19-20,23-24H,11-12H2,1-4H3. The lowest BCUT2D eigenvalue weighted by Crippen LogP contribution is -2.35. The van der Waals surface area contributed by atoms with Crippen LogP contribution in [0.5, 0.6) is 0 Å². The fraction of sp³-hybridized carbons (Fsp3) is 0.462. The Bertz CT molecular complexity index is 1060. The first-order valence-electron chi connectivity index (χ1n) is 11.5. The lowest BCUT2D eigenvalue weighted by atomic mass is 10.0. The molecular weight excluding hydrogens is 582 g/mol. The lowest BCUT2D eigenvalue weighted by Gasteiger charge is -2.26. The molecule has 2 aliphatic carbocycles. The SMILES string of the molecule is CC(C)C(Cl)COC1=CC(Cl)=CC(=C=O)C1OC(=O)C(=O)OC1C(=C=O)C=C(Cl)C=C1OCC(Cl)C(C)C. The number of halogens is 4. The van der Waals surface area contributed by atoms with Crippen LogP contribution in [0, 0.1) is 11.8 Å². The third-order valence-electron chi connectivity index (χ3n) is 5.35. The zero-order chi connectivity index (χ0) is 28.6. The molecule has 0 heterocycles. The topological polar surface area (TPSA) is 105 Å². The molecule has 8 nitrogen and oxygen atoms in total. The Morgan fingerprint density at radius 1 is 0.737 bits per heavy atom. The molecule has 0 aromatic heterocycles. The summed E-state index contributed by atoms with van der Waals surface area (Å²) in [6.45, 7) is 7.53. The molecule has 0 aromatic rings. The Hall–Kier alpha value is -2.44. The van der Waals surface area contributed by atoms with Crippen molar-refractivity contribution in [1.29, 1.82) is 0 Å². The quantitative estimate of drug-likeness (QED) is 0.149. The van der Waals surface area contributed by atoms with Gasteiger partial charge in [0.2, 0.25) is 0 Å². The van der Waals surface area contributed by atoms with Crippen molar-refractivity contribution in [3.8, 4) is 0 Å². The highest BCUT2D eigenvalue weighted by molar-refractivity contribution is 6.32. The lowest BCUT2D eigenvalue weighted by molar-refractivity contribution is -0.171. The van der Waals surface area contributed by atoms with E-state index < -0.39 is 34.9 Å². The molecule has 0 N–H and O–H groups in total. The molecule has 0 aromatic carbocycles. The number of ether oxygens (including phenoxy) is 4. The van der Waals surface area contributed by atoms with Gasteiger partial charge in [0.15, 0.2) is 12.2 Å². The van der Waals surface area contributed by atoms with Crippen LogP contribution in [-0.4, -0.2) is 60.0 Å². The molecule has 0 amide bonds. The number of hydrogen-bond donors (Lipinski definition) is 0. The summed E-state index contributed by atoms with van der Waals surface area (Å²) in [6.07, 6.45) is 2.17. The van der Waals surface area contributed by atoms with Gasteiger partial charge in [-0.3, -0.25) is 0 Å². The van der Waals surface area contributed by atoms with Gasteiger partial charge in [0.1, 0.15) is 36.6 Å². The van der Waals surface area contributed by atoms with Crippen LogP contribution in [0.15, 0.2) is 57.0 Å². The zero-order valence-electron chi connectivity index (χ0n) is 21.0. The van der Waals surface area contributed by atoms with E-state index in [1.54, 1.807) is 11.9 Å². The Balaban J connectivity index is 2.20. The summed E-state index contributed by atoms with van der Waals surface area (Å²) in [5, 5.41) is -0.583. The van der Waals surface area contributed by atoms with Crippen LogP contribution in [0.2, 0.25) is 0 Å². The number of rotatable bonds is 10.